The minimum absolute atomic E-state index is 0.0173. The lowest BCUT2D eigenvalue weighted by atomic mass is 9.95. The number of nitrogen functional groups attached to an aromatic ring is 1. The van der Waals surface area contributed by atoms with E-state index in [1.807, 2.05) is 4.90 Å². The highest BCUT2D eigenvalue weighted by Gasteiger charge is 2.45. The number of hydrogen-bond acceptors (Lipinski definition) is 10. The summed E-state index contributed by atoms with van der Waals surface area (Å²) in [6, 6.07) is 5.70. The first-order valence-corrected chi connectivity index (χ1v) is 17.6. The molecule has 2 aromatic carbocycles. The van der Waals surface area contributed by atoms with Crippen molar-refractivity contribution >= 4 is 61.0 Å². The number of amides is 2. The second kappa shape index (κ2) is 12.1. The lowest BCUT2D eigenvalue weighted by molar-refractivity contribution is 0.108. The van der Waals surface area contributed by atoms with Crippen LogP contribution in [0.1, 0.15) is 44.9 Å². The standard InChI is InChI=1S/C33H34ClF2N9O2S/c34-22-14-21-26(25(36)24(22)20-5-6-23(35)28-27(20)40-30(38)48-28)41-31(47-17-33-8-2-10-44(33)11-3-9-33)42-29(21)43-13-7-18(16-43)39-32(46)45-12-1-4-19(45)15-37/h5-6,14,18-19H,1-4,7-13,16-17H2,(H2,38,40)(H,39,46). The molecule has 6 heterocycles. The van der Waals surface area contributed by atoms with E-state index in [-0.39, 0.29) is 55.1 Å². The summed E-state index contributed by atoms with van der Waals surface area (Å²) >= 11 is 7.81. The highest BCUT2D eigenvalue weighted by Crippen LogP contribution is 2.44. The number of rotatable bonds is 6. The second-order valence-corrected chi connectivity index (χ2v) is 14.6. The normalized spacial score (nSPS) is 22.1. The fourth-order valence-electron chi connectivity index (χ4n) is 8.04. The SMILES string of the molecule is N#CC1CCCN1C(=O)NC1CCN(c2nc(OCC34CCCN3CCC4)nc3c(F)c(-c4ccc(F)c5sc(N)nc45)c(Cl)cc23)C1. The molecule has 3 N–H and O–H groups in total. The van der Waals surface area contributed by atoms with Crippen LogP contribution in [0, 0.1) is 23.0 Å². The Kier molecular flexibility index (Phi) is 7.88. The highest BCUT2D eigenvalue weighted by molar-refractivity contribution is 7.22. The summed E-state index contributed by atoms with van der Waals surface area (Å²) in [7, 11) is 0. The number of nitrogens with zero attached hydrogens (tertiary/aromatic N) is 7. The number of ether oxygens (including phenoxy) is 1. The maximum atomic E-state index is 16.8. The molecule has 4 aliphatic heterocycles. The summed E-state index contributed by atoms with van der Waals surface area (Å²) in [5.41, 5.74) is 6.42. The van der Waals surface area contributed by atoms with Gasteiger partial charge in [0.15, 0.2) is 10.9 Å². The van der Waals surface area contributed by atoms with Gasteiger partial charge >= 0.3 is 12.0 Å². The van der Waals surface area contributed by atoms with Crippen molar-refractivity contribution in [1.82, 2.24) is 30.1 Å². The maximum Gasteiger partial charge on any atom is 0.319 e. The van der Waals surface area contributed by atoms with Gasteiger partial charge in [0.2, 0.25) is 0 Å². The Morgan fingerprint density at radius 3 is 2.73 bits per heavy atom. The number of fused-ring (bicyclic) bond motifs is 3. The number of halogens is 3. The average molecular weight is 694 g/mol. The van der Waals surface area contributed by atoms with Gasteiger partial charge in [-0.05, 0) is 76.2 Å². The predicted molar refractivity (Wildman–Crippen MR) is 180 cm³/mol. The molecule has 48 heavy (non-hydrogen) atoms. The molecule has 2 atom stereocenters. The van der Waals surface area contributed by atoms with Crippen molar-refractivity contribution in [2.45, 2.75) is 62.6 Å². The molecule has 4 aliphatic rings. The number of hydrogen-bond donors (Lipinski definition) is 2. The molecule has 0 saturated carbocycles. The van der Waals surface area contributed by atoms with E-state index in [2.05, 4.69) is 26.3 Å². The van der Waals surface area contributed by atoms with Crippen LogP contribution in [0.2, 0.25) is 5.02 Å². The third-order valence-corrected chi connectivity index (χ3v) is 11.6. The third kappa shape index (κ3) is 5.23. The molecule has 0 aliphatic carbocycles. The van der Waals surface area contributed by atoms with Gasteiger partial charge in [-0.25, -0.2) is 18.6 Å². The van der Waals surface area contributed by atoms with E-state index < -0.39 is 17.7 Å². The number of nitriles is 1. The minimum Gasteiger partial charge on any atom is -0.461 e. The summed E-state index contributed by atoms with van der Waals surface area (Å²) in [6.45, 7) is 3.95. The van der Waals surface area contributed by atoms with Crippen molar-refractivity contribution in [2.75, 3.05) is 50.0 Å². The summed E-state index contributed by atoms with van der Waals surface area (Å²) < 4.78 is 38.1. The van der Waals surface area contributed by atoms with Gasteiger partial charge in [0.05, 0.1) is 26.8 Å². The number of thiazole rings is 1. The van der Waals surface area contributed by atoms with Crippen LogP contribution >= 0.6 is 22.9 Å². The molecule has 0 spiro atoms. The molecule has 2 amide bonds. The third-order valence-electron chi connectivity index (χ3n) is 10.4. The van der Waals surface area contributed by atoms with Gasteiger partial charge in [-0.2, -0.15) is 15.2 Å². The van der Waals surface area contributed by atoms with Gasteiger partial charge in [-0.3, -0.25) is 4.90 Å². The maximum absolute atomic E-state index is 16.8. The van der Waals surface area contributed by atoms with E-state index in [1.165, 1.54) is 12.1 Å². The first-order chi connectivity index (χ1) is 23.2. The monoisotopic (exact) mass is 693 g/mol. The number of urea groups is 1. The van der Waals surface area contributed by atoms with Gasteiger partial charge in [0.1, 0.15) is 29.8 Å². The van der Waals surface area contributed by atoms with Gasteiger partial charge in [0, 0.05) is 42.2 Å². The molecular weight excluding hydrogens is 660 g/mol. The van der Waals surface area contributed by atoms with Crippen LogP contribution < -0.4 is 20.7 Å². The summed E-state index contributed by atoms with van der Waals surface area (Å²) in [6.07, 6.45) is 6.35. The summed E-state index contributed by atoms with van der Waals surface area (Å²) in [5, 5.41) is 13.2. The van der Waals surface area contributed by atoms with Crippen LogP contribution in [0.4, 0.5) is 24.5 Å². The van der Waals surface area contributed by atoms with Crippen molar-refractivity contribution in [3.8, 4) is 23.2 Å². The number of carbonyl (C=O) groups is 1. The van der Waals surface area contributed by atoms with Crippen LogP contribution in [-0.4, -0.2) is 87.7 Å². The van der Waals surface area contributed by atoms with Gasteiger partial charge in [0.25, 0.3) is 0 Å². The van der Waals surface area contributed by atoms with Crippen molar-refractivity contribution in [3.05, 3.63) is 34.9 Å². The number of nitrogens with two attached hydrogens (primary N) is 1. The molecule has 4 aromatic rings. The predicted octanol–water partition coefficient (Wildman–Crippen LogP) is 5.70. The Morgan fingerprint density at radius 2 is 1.94 bits per heavy atom. The minimum atomic E-state index is -0.701. The number of anilines is 2. The second-order valence-electron chi connectivity index (χ2n) is 13.2. The molecule has 4 fully saturated rings. The zero-order chi connectivity index (χ0) is 33.2. The molecule has 15 heteroatoms. The number of aromatic nitrogens is 3. The van der Waals surface area contributed by atoms with Crippen molar-refractivity contribution < 1.29 is 18.3 Å². The van der Waals surface area contributed by atoms with Crippen LogP contribution in [0.15, 0.2) is 18.2 Å². The Morgan fingerprint density at radius 1 is 1.12 bits per heavy atom. The summed E-state index contributed by atoms with van der Waals surface area (Å²) in [5.74, 6) is -0.756. The lowest BCUT2D eigenvalue weighted by Gasteiger charge is -2.31. The topological polar surface area (TPSA) is 137 Å². The molecule has 4 saturated heterocycles. The van der Waals surface area contributed by atoms with Crippen LogP contribution in [-0.2, 0) is 0 Å². The van der Waals surface area contributed by atoms with Crippen molar-refractivity contribution in [1.29, 1.82) is 5.26 Å². The zero-order valence-electron chi connectivity index (χ0n) is 26.1. The van der Waals surface area contributed by atoms with E-state index in [4.69, 9.17) is 27.1 Å². The van der Waals surface area contributed by atoms with Gasteiger partial charge in [-0.15, -0.1) is 0 Å². The van der Waals surface area contributed by atoms with E-state index in [9.17, 15) is 14.4 Å². The zero-order valence-corrected chi connectivity index (χ0v) is 27.7. The van der Waals surface area contributed by atoms with Crippen LogP contribution in [0.25, 0.3) is 32.2 Å². The Balaban J connectivity index is 1.17. The Hall–Kier alpha value is -4.06. The highest BCUT2D eigenvalue weighted by atomic mass is 35.5. The van der Waals surface area contributed by atoms with E-state index in [1.54, 1.807) is 11.0 Å². The first kappa shape index (κ1) is 31.2. The average Bonchev–Trinajstić information content (AvgIpc) is 3.90. The molecule has 8 rings (SSSR count). The van der Waals surface area contributed by atoms with Crippen molar-refractivity contribution in [2.24, 2.45) is 0 Å². The smallest absolute Gasteiger partial charge is 0.319 e. The molecule has 250 valence electrons. The van der Waals surface area contributed by atoms with Gasteiger partial charge in [-0.1, -0.05) is 22.9 Å². The number of benzene rings is 2. The molecular formula is C33H34ClF2N9O2S. The Bertz CT molecular complexity index is 1980. The van der Waals surface area contributed by atoms with E-state index in [0.717, 1.165) is 56.5 Å². The lowest BCUT2D eigenvalue weighted by Crippen LogP contribution is -2.47. The summed E-state index contributed by atoms with van der Waals surface area (Å²) in [4.78, 5) is 32.8. The number of likely N-dealkylation sites (tertiary alicyclic amines) is 1. The van der Waals surface area contributed by atoms with E-state index >= 15 is 4.39 Å². The van der Waals surface area contributed by atoms with Crippen molar-refractivity contribution in [3.63, 3.8) is 0 Å². The molecule has 0 radical (unpaired) electrons. The first-order valence-electron chi connectivity index (χ1n) is 16.4. The molecule has 11 nitrogen and oxygen atoms in total. The fraction of sp³-hybridized carbons (Fsp3) is 0.485. The van der Waals surface area contributed by atoms with Gasteiger partial charge < -0.3 is 25.6 Å². The van der Waals surface area contributed by atoms with Crippen LogP contribution in [0.5, 0.6) is 6.01 Å². The Labute approximate surface area is 284 Å². The molecule has 2 unspecified atom stereocenters. The molecule has 0 bridgehead atoms. The van der Waals surface area contributed by atoms with Crippen LogP contribution in [0.3, 0.4) is 0 Å². The number of nitrogens with one attached hydrogen (secondary N) is 1. The van der Waals surface area contributed by atoms with E-state index in [0.29, 0.717) is 55.9 Å². The quantitative estimate of drug-likeness (QED) is 0.261. The number of carbonyl (C=O) groups excluding carboxylic acids is 1. The fourth-order valence-corrected chi connectivity index (χ4v) is 9.10. The molecule has 2 aromatic heterocycles. The largest absolute Gasteiger partial charge is 0.461 e.